The molecule has 0 fully saturated rings. The Kier molecular flexibility index (Phi) is 7.10. The summed E-state index contributed by atoms with van der Waals surface area (Å²) in [7, 11) is 1.48. The molecule has 0 radical (unpaired) electrons. The summed E-state index contributed by atoms with van der Waals surface area (Å²) in [5.74, 6) is -1.10. The van der Waals surface area contributed by atoms with Gasteiger partial charge < -0.3 is 15.4 Å². The van der Waals surface area contributed by atoms with Crippen LogP contribution in [0.15, 0.2) is 79.1 Å². The van der Waals surface area contributed by atoms with E-state index in [0.29, 0.717) is 51.0 Å². The van der Waals surface area contributed by atoms with Gasteiger partial charge in [0, 0.05) is 34.3 Å². The lowest BCUT2D eigenvalue weighted by Crippen LogP contribution is -2.26. The Morgan fingerprint density at radius 1 is 0.905 bits per heavy atom. The number of para-hydroxylation sites is 1. The van der Waals surface area contributed by atoms with Crippen LogP contribution in [0.25, 0.3) is 44.0 Å². The summed E-state index contributed by atoms with van der Waals surface area (Å²) in [4.78, 5) is 40.6. The second-order valence-corrected chi connectivity index (χ2v) is 9.88. The van der Waals surface area contributed by atoms with Crippen LogP contribution in [0.4, 0.5) is 10.1 Å². The molecule has 0 aliphatic heterocycles. The fourth-order valence-corrected chi connectivity index (χ4v) is 5.13. The molecule has 8 nitrogen and oxygen atoms in total. The summed E-state index contributed by atoms with van der Waals surface area (Å²) in [6, 6.07) is 20.4. The molecule has 0 atom stereocenters. The van der Waals surface area contributed by atoms with Gasteiger partial charge in [0.1, 0.15) is 17.9 Å². The number of aromatic nitrogens is 3. The van der Waals surface area contributed by atoms with Crippen molar-refractivity contribution >= 4 is 61.8 Å². The quantitative estimate of drug-likeness (QED) is 0.210. The molecule has 0 spiro atoms. The number of carbonyl (C=O) groups is 2. The molecule has 0 aliphatic carbocycles. The third-order valence-corrected chi connectivity index (χ3v) is 7.20. The van der Waals surface area contributed by atoms with E-state index in [0.717, 1.165) is 10.9 Å². The second kappa shape index (κ2) is 11.0. The van der Waals surface area contributed by atoms with Crippen LogP contribution in [0.2, 0.25) is 5.02 Å². The number of anilines is 1. The Balaban J connectivity index is 1.48. The molecule has 4 aromatic carbocycles. The summed E-state index contributed by atoms with van der Waals surface area (Å²) >= 11 is 6.03. The van der Waals surface area contributed by atoms with Gasteiger partial charge in [0.2, 0.25) is 0 Å². The van der Waals surface area contributed by atoms with Crippen LogP contribution >= 0.6 is 11.6 Å². The van der Waals surface area contributed by atoms with E-state index in [9.17, 15) is 14.0 Å². The zero-order valence-electron chi connectivity index (χ0n) is 22.5. The molecule has 2 amide bonds. The molecule has 0 bridgehead atoms. The Morgan fingerprint density at radius 3 is 2.52 bits per heavy atom. The van der Waals surface area contributed by atoms with Gasteiger partial charge in [0.25, 0.3) is 11.8 Å². The molecule has 6 rings (SSSR count). The molecule has 2 heterocycles. The van der Waals surface area contributed by atoms with Crippen molar-refractivity contribution in [1.82, 2.24) is 20.3 Å². The molecule has 42 heavy (non-hydrogen) atoms. The fraction of sp³-hybridized carbons (Fsp3) is 0.0938. The average Bonchev–Trinajstić information content (AvgIpc) is 3.00. The van der Waals surface area contributed by atoms with Gasteiger partial charge in [-0.2, -0.15) is 0 Å². The minimum absolute atomic E-state index is 0.0437. The molecular formula is C32H23ClFN5O3. The number of nitrogens with one attached hydrogen (secondary N) is 2. The summed E-state index contributed by atoms with van der Waals surface area (Å²) in [5.41, 5.74) is 3.70. The van der Waals surface area contributed by atoms with Gasteiger partial charge >= 0.3 is 0 Å². The van der Waals surface area contributed by atoms with Crippen molar-refractivity contribution in [1.29, 1.82) is 0 Å². The fourth-order valence-electron chi connectivity index (χ4n) is 4.95. The number of methoxy groups -OCH3 is 1. The highest BCUT2D eigenvalue weighted by Gasteiger charge is 2.23. The molecule has 208 valence electrons. The number of hydrogen-bond acceptors (Lipinski definition) is 6. The van der Waals surface area contributed by atoms with Crippen molar-refractivity contribution < 1.29 is 18.7 Å². The zero-order chi connectivity index (χ0) is 29.4. The second-order valence-electron chi connectivity index (χ2n) is 9.47. The number of halogens is 2. The smallest absolute Gasteiger partial charge is 0.256 e. The van der Waals surface area contributed by atoms with Crippen LogP contribution in [0.5, 0.6) is 5.75 Å². The van der Waals surface area contributed by atoms with Gasteiger partial charge in [-0.1, -0.05) is 29.8 Å². The predicted molar refractivity (Wildman–Crippen MR) is 162 cm³/mol. The van der Waals surface area contributed by atoms with Crippen molar-refractivity contribution in [3.63, 3.8) is 0 Å². The van der Waals surface area contributed by atoms with Crippen LogP contribution in [0, 0.1) is 5.82 Å². The van der Waals surface area contributed by atoms with Crippen LogP contribution < -0.4 is 15.4 Å². The van der Waals surface area contributed by atoms with Crippen molar-refractivity contribution in [2.24, 2.45) is 0 Å². The normalized spacial score (nSPS) is 11.1. The number of pyridine rings is 1. The maximum atomic E-state index is 13.8. The van der Waals surface area contributed by atoms with Crippen LogP contribution in [-0.4, -0.2) is 40.4 Å². The Labute approximate surface area is 244 Å². The van der Waals surface area contributed by atoms with E-state index in [-0.39, 0.29) is 22.1 Å². The molecule has 6 aromatic rings. The van der Waals surface area contributed by atoms with Gasteiger partial charge in [-0.3, -0.25) is 9.59 Å². The summed E-state index contributed by atoms with van der Waals surface area (Å²) in [6.45, 7) is 2.19. The van der Waals surface area contributed by atoms with Gasteiger partial charge in [-0.25, -0.2) is 19.3 Å². The van der Waals surface area contributed by atoms with Crippen molar-refractivity contribution in [3.05, 3.63) is 101 Å². The maximum Gasteiger partial charge on any atom is 0.256 e. The number of rotatable bonds is 6. The van der Waals surface area contributed by atoms with Gasteiger partial charge in [0.15, 0.2) is 0 Å². The molecule has 0 saturated heterocycles. The van der Waals surface area contributed by atoms with Crippen molar-refractivity contribution in [2.75, 3.05) is 19.0 Å². The number of hydrogen-bond donors (Lipinski definition) is 2. The Hall–Kier alpha value is -5.15. The highest BCUT2D eigenvalue weighted by Crippen LogP contribution is 2.35. The lowest BCUT2D eigenvalue weighted by molar-refractivity contribution is 0.0944. The minimum Gasteiger partial charge on any atom is -0.494 e. The molecule has 10 heteroatoms. The first-order valence-electron chi connectivity index (χ1n) is 13.1. The first kappa shape index (κ1) is 27.0. The van der Waals surface area contributed by atoms with Crippen molar-refractivity contribution in [2.45, 2.75) is 6.92 Å². The number of benzene rings is 4. The van der Waals surface area contributed by atoms with Crippen LogP contribution in [0.1, 0.15) is 27.6 Å². The number of fused-ring (bicyclic) bond motifs is 3. The lowest BCUT2D eigenvalue weighted by atomic mass is 9.98. The SMILES string of the molecule is CCNC(=O)c1c(C(=O)Nc2cc3c(-c4ccc(F)c(Cl)c4)ncnc3cc2OC)ccc2nc3ccccc3cc12. The van der Waals surface area contributed by atoms with E-state index in [4.69, 9.17) is 21.3 Å². The van der Waals surface area contributed by atoms with Gasteiger partial charge in [-0.05, 0) is 55.5 Å². The number of carbonyl (C=O) groups excluding carboxylic acids is 2. The third-order valence-electron chi connectivity index (χ3n) is 6.91. The van der Waals surface area contributed by atoms with Crippen molar-refractivity contribution in [3.8, 4) is 17.0 Å². The summed E-state index contributed by atoms with van der Waals surface area (Å²) in [6.07, 6.45) is 1.39. The number of nitrogens with zero attached hydrogens (tertiary/aromatic N) is 3. The number of amides is 2. The molecule has 0 saturated carbocycles. The summed E-state index contributed by atoms with van der Waals surface area (Å²) < 4.78 is 19.4. The van der Waals surface area contributed by atoms with E-state index >= 15 is 0 Å². The third kappa shape index (κ3) is 4.84. The van der Waals surface area contributed by atoms with Gasteiger partial charge in [0.05, 0.1) is 51.2 Å². The standard InChI is InChI=1S/C32H23ClFN5O3/c1-3-35-32(41)29-19(9-11-25-20(29)12-17-6-4-5-7-24(17)38-25)31(40)39-27-14-21-26(15-28(27)42-2)36-16-37-30(21)18-8-10-23(34)22(33)13-18/h4-16H,3H2,1-2H3,(H,35,41)(H,39,40). The monoisotopic (exact) mass is 579 g/mol. The summed E-state index contributed by atoms with van der Waals surface area (Å²) in [5, 5.41) is 7.66. The predicted octanol–water partition coefficient (Wildman–Crippen LogP) is 6.80. The Bertz CT molecular complexity index is 2050. The van der Waals surface area contributed by atoms with E-state index < -0.39 is 11.7 Å². The molecule has 0 unspecified atom stereocenters. The van der Waals surface area contributed by atoms with Crippen LogP contribution in [0.3, 0.4) is 0 Å². The van der Waals surface area contributed by atoms with Gasteiger partial charge in [-0.15, -0.1) is 0 Å². The highest BCUT2D eigenvalue weighted by molar-refractivity contribution is 6.31. The van der Waals surface area contributed by atoms with E-state index in [2.05, 4.69) is 20.6 Å². The molecule has 0 aliphatic rings. The maximum absolute atomic E-state index is 13.8. The first-order chi connectivity index (χ1) is 20.4. The zero-order valence-corrected chi connectivity index (χ0v) is 23.3. The number of ether oxygens (including phenoxy) is 1. The van der Waals surface area contributed by atoms with E-state index in [1.165, 1.54) is 25.6 Å². The average molecular weight is 580 g/mol. The lowest BCUT2D eigenvalue weighted by Gasteiger charge is -2.16. The van der Waals surface area contributed by atoms with Crippen LogP contribution in [-0.2, 0) is 0 Å². The van der Waals surface area contributed by atoms with E-state index in [1.54, 1.807) is 30.3 Å². The minimum atomic E-state index is -0.546. The molecular weight excluding hydrogens is 557 g/mol. The topological polar surface area (TPSA) is 106 Å². The highest BCUT2D eigenvalue weighted by atomic mass is 35.5. The Morgan fingerprint density at radius 2 is 1.74 bits per heavy atom. The first-order valence-corrected chi connectivity index (χ1v) is 13.5. The molecule has 2 aromatic heterocycles. The largest absolute Gasteiger partial charge is 0.494 e. The molecule has 2 N–H and O–H groups in total. The van der Waals surface area contributed by atoms with E-state index in [1.807, 2.05) is 37.3 Å².